The predicted molar refractivity (Wildman–Crippen MR) is 73.6 cm³/mol. The third-order valence-corrected chi connectivity index (χ3v) is 4.28. The Labute approximate surface area is 109 Å². The van der Waals surface area contributed by atoms with Gasteiger partial charge in [0.2, 0.25) is 0 Å². The lowest BCUT2D eigenvalue weighted by molar-refractivity contribution is 0.202. The Kier molecular flexibility index (Phi) is 3.16. The standard InChI is InChI=1S/C15H22N2O/c1-2-18-15-6-4-13(16)8-12(15)10-17-9-11-3-5-14(17)7-11/h4,6,8,11,14H,2-3,5,7,9-10,16H2,1H3. The van der Waals surface area contributed by atoms with Gasteiger partial charge in [-0.1, -0.05) is 0 Å². The smallest absolute Gasteiger partial charge is 0.123 e. The van der Waals surface area contributed by atoms with Crippen LogP contribution in [0.15, 0.2) is 18.2 Å². The zero-order valence-corrected chi connectivity index (χ0v) is 11.1. The van der Waals surface area contributed by atoms with Crippen molar-refractivity contribution in [2.75, 3.05) is 18.9 Å². The average Bonchev–Trinajstić information content (AvgIpc) is 2.95. The number of rotatable bonds is 4. The molecule has 1 aliphatic carbocycles. The van der Waals surface area contributed by atoms with Crippen molar-refractivity contribution in [1.82, 2.24) is 4.90 Å². The third-order valence-electron chi connectivity index (χ3n) is 4.28. The summed E-state index contributed by atoms with van der Waals surface area (Å²) in [7, 11) is 0. The highest BCUT2D eigenvalue weighted by Crippen LogP contribution is 2.39. The molecule has 3 nitrogen and oxygen atoms in total. The molecule has 1 saturated heterocycles. The zero-order chi connectivity index (χ0) is 12.5. The number of nitrogens with zero attached hydrogens (tertiary/aromatic N) is 1. The minimum absolute atomic E-state index is 0.711. The molecule has 2 N–H and O–H groups in total. The van der Waals surface area contributed by atoms with Crippen LogP contribution in [0.5, 0.6) is 5.75 Å². The fourth-order valence-electron chi connectivity index (χ4n) is 3.46. The van der Waals surface area contributed by atoms with Crippen molar-refractivity contribution in [3.63, 3.8) is 0 Å². The van der Waals surface area contributed by atoms with Gasteiger partial charge in [-0.05, 0) is 50.3 Å². The van der Waals surface area contributed by atoms with Crippen molar-refractivity contribution in [2.45, 2.75) is 38.8 Å². The van der Waals surface area contributed by atoms with Crippen molar-refractivity contribution in [2.24, 2.45) is 5.92 Å². The van der Waals surface area contributed by atoms with E-state index in [1.807, 2.05) is 19.1 Å². The van der Waals surface area contributed by atoms with Gasteiger partial charge in [0, 0.05) is 30.4 Å². The second-order valence-electron chi connectivity index (χ2n) is 5.56. The van der Waals surface area contributed by atoms with Crippen molar-refractivity contribution >= 4 is 5.69 Å². The molecule has 2 aliphatic rings. The molecule has 2 bridgehead atoms. The van der Waals surface area contributed by atoms with E-state index < -0.39 is 0 Å². The molecule has 1 aromatic carbocycles. The molecule has 1 aliphatic heterocycles. The van der Waals surface area contributed by atoms with Gasteiger partial charge in [-0.3, -0.25) is 4.90 Å². The highest BCUT2D eigenvalue weighted by molar-refractivity contribution is 5.48. The lowest BCUT2D eigenvalue weighted by Crippen LogP contribution is -2.31. The van der Waals surface area contributed by atoms with Gasteiger partial charge in [0.15, 0.2) is 0 Å². The predicted octanol–water partition coefficient (Wildman–Crippen LogP) is 2.65. The number of hydrogen-bond acceptors (Lipinski definition) is 3. The fourth-order valence-corrected chi connectivity index (χ4v) is 3.46. The fraction of sp³-hybridized carbons (Fsp3) is 0.600. The Bertz CT molecular complexity index is 433. The van der Waals surface area contributed by atoms with Gasteiger partial charge in [0.1, 0.15) is 5.75 Å². The summed E-state index contributed by atoms with van der Waals surface area (Å²) in [5.74, 6) is 1.93. The van der Waals surface area contributed by atoms with Crippen LogP contribution >= 0.6 is 0 Å². The van der Waals surface area contributed by atoms with E-state index in [0.717, 1.165) is 29.9 Å². The van der Waals surface area contributed by atoms with E-state index in [-0.39, 0.29) is 0 Å². The summed E-state index contributed by atoms with van der Waals surface area (Å²) >= 11 is 0. The second kappa shape index (κ2) is 4.81. The quantitative estimate of drug-likeness (QED) is 0.830. The maximum atomic E-state index is 5.90. The molecule has 0 spiro atoms. The Hall–Kier alpha value is -1.22. The van der Waals surface area contributed by atoms with Crippen LogP contribution in [0.2, 0.25) is 0 Å². The lowest BCUT2D eigenvalue weighted by atomic mass is 10.1. The summed E-state index contributed by atoms with van der Waals surface area (Å²) in [6.07, 6.45) is 4.19. The van der Waals surface area contributed by atoms with Crippen LogP contribution < -0.4 is 10.5 Å². The highest BCUT2D eigenvalue weighted by atomic mass is 16.5. The van der Waals surface area contributed by atoms with Crippen LogP contribution in [0.25, 0.3) is 0 Å². The van der Waals surface area contributed by atoms with E-state index in [1.165, 1.54) is 31.4 Å². The normalized spacial score (nSPS) is 26.7. The van der Waals surface area contributed by atoms with E-state index in [1.54, 1.807) is 0 Å². The first kappa shape index (κ1) is 11.8. The Balaban J connectivity index is 1.76. The molecular formula is C15H22N2O. The third kappa shape index (κ3) is 2.19. The number of anilines is 1. The lowest BCUT2D eigenvalue weighted by Gasteiger charge is -2.27. The van der Waals surface area contributed by atoms with Gasteiger partial charge in [-0.25, -0.2) is 0 Å². The van der Waals surface area contributed by atoms with Crippen LogP contribution in [-0.4, -0.2) is 24.1 Å². The minimum atomic E-state index is 0.711. The van der Waals surface area contributed by atoms with Crippen LogP contribution in [-0.2, 0) is 6.54 Å². The molecule has 18 heavy (non-hydrogen) atoms. The average molecular weight is 246 g/mol. The summed E-state index contributed by atoms with van der Waals surface area (Å²) in [6.45, 7) is 4.98. The largest absolute Gasteiger partial charge is 0.494 e. The number of likely N-dealkylation sites (tertiary alicyclic amines) is 1. The molecule has 1 aromatic rings. The van der Waals surface area contributed by atoms with Gasteiger partial charge in [-0.2, -0.15) is 0 Å². The topological polar surface area (TPSA) is 38.5 Å². The van der Waals surface area contributed by atoms with E-state index in [4.69, 9.17) is 10.5 Å². The number of nitrogen functional groups attached to an aromatic ring is 1. The van der Waals surface area contributed by atoms with Gasteiger partial charge in [0.05, 0.1) is 6.61 Å². The van der Waals surface area contributed by atoms with E-state index in [9.17, 15) is 0 Å². The first-order valence-electron chi connectivity index (χ1n) is 7.01. The van der Waals surface area contributed by atoms with Crippen molar-refractivity contribution in [3.05, 3.63) is 23.8 Å². The number of piperidine rings is 1. The molecule has 0 radical (unpaired) electrons. The summed E-state index contributed by atoms with van der Waals surface area (Å²) < 4.78 is 5.70. The molecule has 98 valence electrons. The maximum Gasteiger partial charge on any atom is 0.123 e. The first-order chi connectivity index (χ1) is 8.76. The molecule has 2 fully saturated rings. The molecule has 1 heterocycles. The second-order valence-corrected chi connectivity index (χ2v) is 5.56. The molecule has 3 rings (SSSR count). The Morgan fingerprint density at radius 2 is 2.28 bits per heavy atom. The van der Waals surface area contributed by atoms with Gasteiger partial charge >= 0.3 is 0 Å². The minimum Gasteiger partial charge on any atom is -0.494 e. The van der Waals surface area contributed by atoms with E-state index in [2.05, 4.69) is 11.0 Å². The molecular weight excluding hydrogens is 224 g/mol. The first-order valence-corrected chi connectivity index (χ1v) is 7.01. The van der Waals surface area contributed by atoms with Gasteiger partial charge in [-0.15, -0.1) is 0 Å². The van der Waals surface area contributed by atoms with Crippen LogP contribution in [0, 0.1) is 5.92 Å². The number of fused-ring (bicyclic) bond motifs is 2. The van der Waals surface area contributed by atoms with Gasteiger partial charge in [0.25, 0.3) is 0 Å². The number of hydrogen-bond donors (Lipinski definition) is 1. The molecule has 0 amide bonds. The number of benzene rings is 1. The number of nitrogens with two attached hydrogens (primary N) is 1. The Morgan fingerprint density at radius 1 is 1.39 bits per heavy atom. The van der Waals surface area contributed by atoms with Crippen molar-refractivity contribution < 1.29 is 4.74 Å². The zero-order valence-electron chi connectivity index (χ0n) is 11.1. The highest BCUT2D eigenvalue weighted by Gasteiger charge is 2.37. The number of ether oxygens (including phenoxy) is 1. The Morgan fingerprint density at radius 3 is 2.94 bits per heavy atom. The molecule has 1 saturated carbocycles. The van der Waals surface area contributed by atoms with Crippen LogP contribution in [0.1, 0.15) is 31.7 Å². The monoisotopic (exact) mass is 246 g/mol. The SMILES string of the molecule is CCOc1ccc(N)cc1CN1CC2CCC1C2. The maximum absolute atomic E-state index is 5.90. The van der Waals surface area contributed by atoms with E-state index >= 15 is 0 Å². The van der Waals surface area contributed by atoms with Crippen LogP contribution in [0.4, 0.5) is 5.69 Å². The van der Waals surface area contributed by atoms with Crippen LogP contribution in [0.3, 0.4) is 0 Å². The molecule has 3 heteroatoms. The van der Waals surface area contributed by atoms with Gasteiger partial charge < -0.3 is 10.5 Å². The summed E-state index contributed by atoms with van der Waals surface area (Å²) in [6, 6.07) is 6.79. The summed E-state index contributed by atoms with van der Waals surface area (Å²) in [5, 5.41) is 0. The molecule has 2 atom stereocenters. The summed E-state index contributed by atoms with van der Waals surface area (Å²) in [5.41, 5.74) is 7.97. The summed E-state index contributed by atoms with van der Waals surface area (Å²) in [4.78, 5) is 2.60. The molecule has 0 aromatic heterocycles. The van der Waals surface area contributed by atoms with E-state index in [0.29, 0.717) is 6.61 Å². The van der Waals surface area contributed by atoms with Crippen molar-refractivity contribution in [3.8, 4) is 5.75 Å². The molecule has 2 unspecified atom stereocenters. The van der Waals surface area contributed by atoms with Crippen molar-refractivity contribution in [1.29, 1.82) is 0 Å².